The van der Waals surface area contributed by atoms with Crippen LogP contribution in [0.25, 0.3) is 0 Å². The van der Waals surface area contributed by atoms with E-state index in [0.717, 1.165) is 16.6 Å². The van der Waals surface area contributed by atoms with Crippen LogP contribution in [0.15, 0.2) is 48.5 Å². The minimum absolute atomic E-state index is 0.156. The molecule has 0 saturated heterocycles. The summed E-state index contributed by atoms with van der Waals surface area (Å²) in [7, 11) is -0.350. The van der Waals surface area contributed by atoms with E-state index in [2.05, 4.69) is 0 Å². The number of hydrogen-bond acceptors (Lipinski definition) is 3. The number of rotatable bonds is 4. The summed E-state index contributed by atoms with van der Waals surface area (Å²) in [4.78, 5) is 0. The van der Waals surface area contributed by atoms with Crippen LogP contribution in [-0.2, 0) is 15.9 Å². The summed E-state index contributed by atoms with van der Waals surface area (Å²) in [5.41, 5.74) is 9.29. The SMILES string of the molecule is NC(COB1OCc2cc(Cl)ccc21)c1ccccc1. The molecule has 0 spiro atoms. The van der Waals surface area contributed by atoms with Gasteiger partial charge in [0.2, 0.25) is 0 Å². The van der Waals surface area contributed by atoms with E-state index >= 15 is 0 Å². The smallest absolute Gasteiger partial charge is 0.405 e. The van der Waals surface area contributed by atoms with E-state index in [1.165, 1.54) is 0 Å². The molecule has 3 rings (SSSR count). The Morgan fingerprint density at radius 2 is 2.05 bits per heavy atom. The van der Waals surface area contributed by atoms with Crippen LogP contribution in [0.5, 0.6) is 0 Å². The van der Waals surface area contributed by atoms with E-state index in [-0.39, 0.29) is 13.2 Å². The van der Waals surface area contributed by atoms with Gasteiger partial charge in [-0.3, -0.25) is 0 Å². The zero-order valence-corrected chi connectivity index (χ0v) is 11.7. The second-order valence-electron chi connectivity index (χ2n) is 4.84. The van der Waals surface area contributed by atoms with Gasteiger partial charge in [-0.1, -0.05) is 48.0 Å². The van der Waals surface area contributed by atoms with E-state index in [1.807, 2.05) is 48.5 Å². The predicted octanol–water partition coefficient (Wildman–Crippen LogP) is 2.28. The van der Waals surface area contributed by atoms with Crippen molar-refractivity contribution in [2.45, 2.75) is 12.6 Å². The fourth-order valence-corrected chi connectivity index (χ4v) is 2.50. The molecule has 0 fully saturated rings. The maximum absolute atomic E-state index is 6.12. The summed E-state index contributed by atoms with van der Waals surface area (Å²) in [5.74, 6) is 0. The second-order valence-corrected chi connectivity index (χ2v) is 5.27. The van der Waals surface area contributed by atoms with Gasteiger partial charge in [0.15, 0.2) is 0 Å². The lowest BCUT2D eigenvalue weighted by Crippen LogP contribution is -2.34. The molecule has 1 atom stereocenters. The lowest BCUT2D eigenvalue weighted by molar-refractivity contribution is 0.201. The van der Waals surface area contributed by atoms with Crippen molar-refractivity contribution in [1.29, 1.82) is 0 Å². The fraction of sp³-hybridized carbons (Fsp3) is 0.200. The number of benzene rings is 2. The van der Waals surface area contributed by atoms with Gasteiger partial charge in [0.1, 0.15) is 0 Å². The van der Waals surface area contributed by atoms with Crippen LogP contribution >= 0.6 is 11.6 Å². The van der Waals surface area contributed by atoms with Crippen LogP contribution in [0.4, 0.5) is 0 Å². The van der Waals surface area contributed by atoms with Crippen molar-refractivity contribution in [3.05, 3.63) is 64.7 Å². The maximum Gasteiger partial charge on any atom is 0.494 e. The largest absolute Gasteiger partial charge is 0.494 e. The zero-order valence-electron chi connectivity index (χ0n) is 11.0. The zero-order chi connectivity index (χ0) is 13.9. The highest BCUT2D eigenvalue weighted by molar-refractivity contribution is 6.63. The van der Waals surface area contributed by atoms with Gasteiger partial charge in [-0.05, 0) is 28.7 Å². The predicted molar refractivity (Wildman–Crippen MR) is 81.0 cm³/mol. The minimum atomic E-state index is -0.350. The summed E-state index contributed by atoms with van der Waals surface area (Å²) < 4.78 is 11.4. The molecule has 1 aliphatic rings. The first-order valence-corrected chi connectivity index (χ1v) is 6.94. The van der Waals surface area contributed by atoms with Crippen molar-refractivity contribution in [2.75, 3.05) is 6.61 Å². The third-order valence-corrected chi connectivity index (χ3v) is 3.64. The van der Waals surface area contributed by atoms with Gasteiger partial charge < -0.3 is 15.0 Å². The van der Waals surface area contributed by atoms with Gasteiger partial charge >= 0.3 is 7.12 Å². The summed E-state index contributed by atoms with van der Waals surface area (Å²) in [6.45, 7) is 0.942. The third kappa shape index (κ3) is 2.89. The Balaban J connectivity index is 1.64. The summed E-state index contributed by atoms with van der Waals surface area (Å²) in [5, 5.41) is 0.717. The van der Waals surface area contributed by atoms with Gasteiger partial charge in [0.25, 0.3) is 0 Å². The Hall–Kier alpha value is -1.33. The van der Waals surface area contributed by atoms with Crippen LogP contribution < -0.4 is 11.2 Å². The third-order valence-electron chi connectivity index (χ3n) is 3.40. The molecule has 3 nitrogen and oxygen atoms in total. The molecule has 2 N–H and O–H groups in total. The molecule has 1 heterocycles. The quantitative estimate of drug-likeness (QED) is 0.878. The van der Waals surface area contributed by atoms with Crippen LogP contribution in [0.3, 0.4) is 0 Å². The van der Waals surface area contributed by atoms with E-state index in [9.17, 15) is 0 Å². The second kappa shape index (κ2) is 5.98. The van der Waals surface area contributed by atoms with Crippen molar-refractivity contribution in [3.63, 3.8) is 0 Å². The first kappa shape index (κ1) is 13.6. The number of fused-ring (bicyclic) bond motifs is 1. The Morgan fingerprint density at radius 3 is 2.85 bits per heavy atom. The molecule has 1 unspecified atom stereocenters. The lowest BCUT2D eigenvalue weighted by Gasteiger charge is -2.14. The van der Waals surface area contributed by atoms with E-state index < -0.39 is 0 Å². The molecule has 0 aromatic heterocycles. The van der Waals surface area contributed by atoms with Gasteiger partial charge in [0.05, 0.1) is 19.3 Å². The highest BCUT2D eigenvalue weighted by Gasteiger charge is 2.31. The number of halogens is 1. The van der Waals surface area contributed by atoms with Crippen molar-refractivity contribution in [3.8, 4) is 0 Å². The standard InChI is InChI=1S/C15H15BClNO2/c17-13-6-7-14-12(8-13)9-19-16(14)20-10-15(18)11-4-2-1-3-5-11/h1-8,15H,9-10,18H2. The van der Waals surface area contributed by atoms with Crippen molar-refractivity contribution < 1.29 is 9.31 Å². The van der Waals surface area contributed by atoms with Gasteiger partial charge in [-0.25, -0.2) is 0 Å². The first-order valence-electron chi connectivity index (χ1n) is 6.56. The average molecular weight is 288 g/mol. The highest BCUT2D eigenvalue weighted by Crippen LogP contribution is 2.18. The lowest BCUT2D eigenvalue weighted by atomic mass is 9.79. The molecule has 0 aliphatic carbocycles. The summed E-state index contributed by atoms with van der Waals surface area (Å²) >= 11 is 5.96. The molecule has 2 aromatic carbocycles. The van der Waals surface area contributed by atoms with Gasteiger partial charge in [-0.15, -0.1) is 0 Å². The average Bonchev–Trinajstić information content (AvgIpc) is 2.88. The first-order chi connectivity index (χ1) is 9.74. The van der Waals surface area contributed by atoms with Crippen molar-refractivity contribution in [2.24, 2.45) is 5.73 Å². The topological polar surface area (TPSA) is 44.5 Å². The van der Waals surface area contributed by atoms with Gasteiger partial charge in [-0.2, -0.15) is 0 Å². The normalized spacial score (nSPS) is 15.2. The monoisotopic (exact) mass is 287 g/mol. The molecule has 20 heavy (non-hydrogen) atoms. The van der Waals surface area contributed by atoms with Crippen molar-refractivity contribution >= 4 is 24.2 Å². The molecule has 5 heteroatoms. The molecule has 102 valence electrons. The van der Waals surface area contributed by atoms with E-state index in [0.29, 0.717) is 18.2 Å². The molecule has 2 aromatic rings. The van der Waals surface area contributed by atoms with Crippen molar-refractivity contribution in [1.82, 2.24) is 0 Å². The maximum atomic E-state index is 6.12. The van der Waals surface area contributed by atoms with Crippen LogP contribution in [-0.4, -0.2) is 13.7 Å². The Bertz CT molecular complexity index is 594. The van der Waals surface area contributed by atoms with E-state index in [4.69, 9.17) is 26.6 Å². The van der Waals surface area contributed by atoms with Crippen LogP contribution in [0.1, 0.15) is 17.2 Å². The molecule has 0 bridgehead atoms. The number of nitrogens with two attached hydrogens (primary N) is 1. The minimum Gasteiger partial charge on any atom is -0.405 e. The Labute approximate surface area is 123 Å². The van der Waals surface area contributed by atoms with Crippen LogP contribution in [0.2, 0.25) is 5.02 Å². The molecule has 0 amide bonds. The van der Waals surface area contributed by atoms with Crippen LogP contribution in [0, 0.1) is 0 Å². The Kier molecular flexibility index (Phi) is 4.08. The molecule has 0 saturated carbocycles. The summed E-state index contributed by atoms with van der Waals surface area (Å²) in [6.07, 6.45) is 0. The molecular weight excluding hydrogens is 272 g/mol. The molecule has 1 aliphatic heterocycles. The van der Waals surface area contributed by atoms with Gasteiger partial charge in [0, 0.05) is 5.02 Å². The molecular formula is C15H15BClNO2. The van der Waals surface area contributed by atoms with E-state index in [1.54, 1.807) is 0 Å². The number of hydrogen-bond donors (Lipinski definition) is 1. The molecule has 0 radical (unpaired) electrons. The fourth-order valence-electron chi connectivity index (χ4n) is 2.31. The Morgan fingerprint density at radius 1 is 1.25 bits per heavy atom. The highest BCUT2D eigenvalue weighted by atomic mass is 35.5. The summed E-state index contributed by atoms with van der Waals surface area (Å²) in [6, 6.07) is 15.5.